The van der Waals surface area contributed by atoms with Crippen molar-refractivity contribution < 1.29 is 38.6 Å². The lowest BCUT2D eigenvalue weighted by atomic mass is 9.80. The number of nitrogens with one attached hydrogen (secondary N) is 1. The molecule has 2 aromatic rings. The van der Waals surface area contributed by atoms with Crippen LogP contribution >= 0.6 is 21.4 Å². The number of nitrogens with zero attached hydrogens (tertiary/aromatic N) is 3. The van der Waals surface area contributed by atoms with Crippen LogP contribution in [0.1, 0.15) is 37.0 Å². The van der Waals surface area contributed by atoms with Gasteiger partial charge in [-0.2, -0.15) is 0 Å². The van der Waals surface area contributed by atoms with E-state index < -0.39 is 23.5 Å². The normalized spacial score (nSPS) is 14.9. The van der Waals surface area contributed by atoms with E-state index in [0.29, 0.717) is 28.7 Å². The Labute approximate surface area is 278 Å². The van der Waals surface area contributed by atoms with E-state index in [-0.39, 0.29) is 5.91 Å². The van der Waals surface area contributed by atoms with E-state index in [1.165, 1.54) is 63.4 Å². The molecule has 250 valence electrons. The number of rotatable bonds is 9. The zero-order valence-electron chi connectivity index (χ0n) is 25.8. The second-order valence-corrected chi connectivity index (χ2v) is 12.6. The topological polar surface area (TPSA) is 163 Å². The minimum atomic E-state index is -1.67. The van der Waals surface area contributed by atoms with Gasteiger partial charge in [-0.3, -0.25) is 14.5 Å². The van der Waals surface area contributed by atoms with Gasteiger partial charge in [-0.25, -0.2) is 4.21 Å². The smallest absolute Gasteiger partial charge is 0.429 e. The van der Waals surface area contributed by atoms with Gasteiger partial charge in [-0.05, 0) is 61.1 Å². The Hall–Kier alpha value is -2.04. The van der Waals surface area contributed by atoms with Crippen molar-refractivity contribution in [1.82, 2.24) is 20.0 Å². The van der Waals surface area contributed by atoms with E-state index in [1.807, 2.05) is 4.90 Å². The number of amides is 1. The third-order valence-electron chi connectivity index (χ3n) is 6.77. The number of piperazine rings is 2. The molecule has 17 heteroatoms. The number of hydrogen-bond acceptors (Lipinski definition) is 11. The second kappa shape index (κ2) is 24.2. The summed E-state index contributed by atoms with van der Waals surface area (Å²) in [5.74, 6) is 0.384. The molecule has 12 nitrogen and oxygen atoms in total. The molecule has 0 saturated carbocycles. The highest BCUT2D eigenvalue weighted by molar-refractivity contribution is 8.26. The lowest BCUT2D eigenvalue weighted by Gasteiger charge is -2.34. The van der Waals surface area contributed by atoms with Crippen LogP contribution in [0.4, 0.5) is 0 Å². The van der Waals surface area contributed by atoms with E-state index in [4.69, 9.17) is 24.3 Å². The molecule has 2 aliphatic heterocycles. The minimum Gasteiger partial charge on any atom is -0.429 e. The van der Waals surface area contributed by atoms with Crippen LogP contribution in [0.2, 0.25) is 0 Å². The summed E-state index contributed by atoms with van der Waals surface area (Å²) >= 11 is 0. The lowest BCUT2D eigenvalue weighted by molar-refractivity contribution is -0.120. The maximum atomic E-state index is 12.3. The number of ether oxygens (including phenoxy) is 1. The quantitative estimate of drug-likeness (QED) is 0.135. The van der Waals surface area contributed by atoms with Crippen LogP contribution in [0.25, 0.3) is 0 Å². The van der Waals surface area contributed by atoms with Crippen LogP contribution in [-0.4, -0.2) is 131 Å². The molecule has 0 aromatic heterocycles. The second-order valence-electron chi connectivity index (χ2n) is 10.1. The van der Waals surface area contributed by atoms with Crippen molar-refractivity contribution in [2.45, 2.75) is 26.7 Å². The van der Waals surface area contributed by atoms with Crippen LogP contribution in [0.3, 0.4) is 0 Å². The monoisotopic (exact) mass is 688 g/mol. The maximum absolute atomic E-state index is 12.3. The molecule has 0 atom stereocenters. The molecule has 0 aliphatic carbocycles. The fraction of sp³-hybridized carbons (Fsp3) is 0.500. The van der Waals surface area contributed by atoms with Crippen molar-refractivity contribution in [1.29, 1.82) is 0 Å². The standard InChI is InChI=1S/C14H21BN2O3.C7H7BO4.C7H16N2.Cl2OS/c1-2-7-16-8-10-17(11-9-16)14(18)12-3-5-13(6-4-12)15(19)20;9-5-12-7-3-1-6(2-4-7)8(10)11;1-2-5-9-6-3-8-4-7-9;1-4(2)3/h3-6,19-20H,2,7-11H2,1H3;1-5,10-11H;8H,2-7H2,1H3;. The van der Waals surface area contributed by atoms with Gasteiger partial charge < -0.3 is 39.9 Å². The molecule has 4 rings (SSSR count). The summed E-state index contributed by atoms with van der Waals surface area (Å²) in [6.07, 6.45) is 2.43. The first kappa shape index (κ1) is 41.0. The Kier molecular flexibility index (Phi) is 22.0. The molecule has 45 heavy (non-hydrogen) atoms. The summed E-state index contributed by atoms with van der Waals surface area (Å²) in [6, 6.07) is 12.3. The Morgan fingerprint density at radius 1 is 0.822 bits per heavy atom. The van der Waals surface area contributed by atoms with Crippen LogP contribution in [0.15, 0.2) is 48.5 Å². The highest BCUT2D eigenvalue weighted by Crippen LogP contribution is 2.09. The van der Waals surface area contributed by atoms with Crippen molar-refractivity contribution in [3.05, 3.63) is 54.1 Å². The molecule has 2 saturated heterocycles. The number of hydrogen-bond donors (Lipinski definition) is 5. The Morgan fingerprint density at radius 3 is 1.64 bits per heavy atom. The van der Waals surface area contributed by atoms with E-state index in [1.54, 1.807) is 24.3 Å². The van der Waals surface area contributed by atoms with Crippen molar-refractivity contribution in [2.24, 2.45) is 0 Å². The lowest BCUT2D eigenvalue weighted by Crippen LogP contribution is -2.48. The number of benzene rings is 2. The summed E-state index contributed by atoms with van der Waals surface area (Å²) in [6.45, 7) is 15.3. The fourth-order valence-electron chi connectivity index (χ4n) is 4.50. The third-order valence-corrected chi connectivity index (χ3v) is 6.77. The summed E-state index contributed by atoms with van der Waals surface area (Å²) in [5.41, 5.74) is 1.35. The molecule has 0 radical (unpaired) electrons. The SMILES string of the molecule is CCCN1CCN(C(=O)c2ccc(B(O)O)cc2)CC1.CCCN1CCNCC1.O=COc1ccc(B(O)O)cc1.O=S(Cl)Cl. The van der Waals surface area contributed by atoms with Gasteiger partial charge in [0.15, 0.2) is 0 Å². The van der Waals surface area contributed by atoms with E-state index in [0.717, 1.165) is 39.1 Å². The van der Waals surface area contributed by atoms with Gasteiger partial charge in [-0.1, -0.05) is 38.1 Å². The predicted octanol–water partition coefficient (Wildman–Crippen LogP) is -0.220. The Bertz CT molecular complexity index is 1100. The van der Waals surface area contributed by atoms with Crippen molar-refractivity contribution in [3.63, 3.8) is 0 Å². The number of carbonyl (C=O) groups is 2. The molecular formula is C28H44B2Cl2N4O8S. The molecule has 0 bridgehead atoms. The van der Waals surface area contributed by atoms with Gasteiger partial charge in [0.25, 0.3) is 12.4 Å². The van der Waals surface area contributed by atoms with E-state index in [9.17, 15) is 9.59 Å². The highest BCUT2D eigenvalue weighted by Gasteiger charge is 2.22. The van der Waals surface area contributed by atoms with E-state index in [2.05, 4.69) is 55.1 Å². The minimum absolute atomic E-state index is 0.0140. The molecular weight excluding hydrogens is 645 g/mol. The van der Waals surface area contributed by atoms with E-state index >= 15 is 0 Å². The predicted molar refractivity (Wildman–Crippen MR) is 181 cm³/mol. The third kappa shape index (κ3) is 18.0. The summed E-state index contributed by atoms with van der Waals surface area (Å²) in [7, 11) is 4.38. The molecule has 2 aromatic carbocycles. The molecule has 5 N–H and O–H groups in total. The van der Waals surface area contributed by atoms with Crippen LogP contribution in [0, 0.1) is 0 Å². The molecule has 2 aliphatic rings. The first-order valence-electron chi connectivity index (χ1n) is 14.7. The largest absolute Gasteiger partial charge is 0.488 e. The van der Waals surface area contributed by atoms with Gasteiger partial charge in [0, 0.05) is 79.3 Å². The van der Waals surface area contributed by atoms with Crippen LogP contribution < -0.4 is 21.0 Å². The Morgan fingerprint density at radius 2 is 1.24 bits per heavy atom. The summed E-state index contributed by atoms with van der Waals surface area (Å²) < 4.78 is 13.6. The zero-order chi connectivity index (χ0) is 33.6. The highest BCUT2D eigenvalue weighted by atomic mass is 36.0. The van der Waals surface area contributed by atoms with Crippen LogP contribution in [0.5, 0.6) is 5.75 Å². The average Bonchev–Trinajstić information content (AvgIpc) is 3.03. The van der Waals surface area contributed by atoms with Crippen molar-refractivity contribution in [3.8, 4) is 5.75 Å². The number of carbonyl (C=O) groups excluding carboxylic acids is 2. The molecule has 2 heterocycles. The van der Waals surface area contributed by atoms with Gasteiger partial charge in [-0.15, -0.1) is 0 Å². The van der Waals surface area contributed by atoms with Crippen LogP contribution in [-0.2, 0) is 14.0 Å². The molecule has 0 spiro atoms. The first-order valence-corrected chi connectivity index (χ1v) is 17.5. The van der Waals surface area contributed by atoms with Gasteiger partial charge in [0.1, 0.15) is 5.75 Å². The van der Waals surface area contributed by atoms with Gasteiger partial charge in [0.05, 0.1) is 0 Å². The Balaban J connectivity index is 0.000000344. The first-order chi connectivity index (χ1) is 21.5. The fourth-order valence-corrected chi connectivity index (χ4v) is 4.50. The number of halogens is 2. The molecule has 2 fully saturated rings. The molecule has 1 amide bonds. The summed E-state index contributed by atoms with van der Waals surface area (Å²) in [4.78, 5) is 28.9. The van der Waals surface area contributed by atoms with Crippen molar-refractivity contribution >= 4 is 68.1 Å². The van der Waals surface area contributed by atoms with Gasteiger partial charge >= 0.3 is 14.2 Å². The average molecular weight is 689 g/mol. The van der Waals surface area contributed by atoms with Crippen molar-refractivity contribution in [2.75, 3.05) is 65.4 Å². The summed E-state index contributed by atoms with van der Waals surface area (Å²) in [5, 5.41) is 38.8. The molecule has 0 unspecified atom stereocenters. The van der Waals surface area contributed by atoms with Gasteiger partial charge in [0.2, 0.25) is 9.23 Å². The maximum Gasteiger partial charge on any atom is 0.488 e. The zero-order valence-corrected chi connectivity index (χ0v) is 28.1.